The number of aromatic nitrogens is 5. The largest absolute Gasteiger partial charge is 0.352 e. The second-order valence-corrected chi connectivity index (χ2v) is 9.85. The van der Waals surface area contributed by atoms with Crippen molar-refractivity contribution < 1.29 is 18.4 Å². The van der Waals surface area contributed by atoms with Gasteiger partial charge in [0.1, 0.15) is 0 Å². The van der Waals surface area contributed by atoms with E-state index in [9.17, 15) is 18.4 Å². The van der Waals surface area contributed by atoms with E-state index in [2.05, 4.69) is 30.7 Å². The Morgan fingerprint density at radius 3 is 2.65 bits per heavy atom. The van der Waals surface area contributed by atoms with Crippen LogP contribution in [0.2, 0.25) is 0 Å². The van der Waals surface area contributed by atoms with E-state index in [1.54, 1.807) is 31.2 Å². The second kappa shape index (κ2) is 9.06. The number of carbonyl (C=O) groups is 2. The van der Waals surface area contributed by atoms with Crippen LogP contribution in [0.4, 0.5) is 8.78 Å². The third-order valence-electron chi connectivity index (χ3n) is 7.47. The molecule has 6 rings (SSSR count). The minimum Gasteiger partial charge on any atom is -0.352 e. The summed E-state index contributed by atoms with van der Waals surface area (Å²) in [6.45, 7) is 2.05. The molecule has 0 unspecified atom stereocenters. The van der Waals surface area contributed by atoms with Gasteiger partial charge in [0.05, 0.1) is 22.8 Å². The first-order valence-corrected chi connectivity index (χ1v) is 12.3. The molecule has 2 fully saturated rings. The number of aryl methyl sites for hydroxylation is 1. The minimum absolute atomic E-state index is 0.0570. The molecule has 2 amide bonds. The predicted molar refractivity (Wildman–Crippen MR) is 130 cm³/mol. The predicted octanol–water partition coefficient (Wildman–Crippen LogP) is 3.63. The van der Waals surface area contributed by atoms with Gasteiger partial charge in [0.2, 0.25) is 11.9 Å². The molecule has 0 aliphatic carbocycles. The molecular weight excluding hydrogens is 480 g/mol. The van der Waals surface area contributed by atoms with Crippen molar-refractivity contribution in [2.24, 2.45) is 5.92 Å². The number of aromatic amines is 2. The molecule has 190 valence electrons. The standard InChI is InChI=1S/C26H25F2N7O2/c1-13-6-18(20(27)12-29-13)22-10-23(33-32-22)26(37)35-16-3-4-17(35)9-15(8-16)25(36)30-11-14-2-5-21-19(7-14)24(28)34-31-21/h2,5-7,10,12,15-17H,3-4,8-9,11H2,1H3,(H,30,36)(H,31,34)(H,32,33)/t15-,16-,17+. The van der Waals surface area contributed by atoms with Crippen molar-refractivity contribution in [3.8, 4) is 11.3 Å². The van der Waals surface area contributed by atoms with Crippen molar-refractivity contribution in [3.63, 3.8) is 0 Å². The summed E-state index contributed by atoms with van der Waals surface area (Å²) in [6, 6.07) is 8.30. The van der Waals surface area contributed by atoms with Crippen molar-refractivity contribution in [1.29, 1.82) is 0 Å². The summed E-state index contributed by atoms with van der Waals surface area (Å²) in [7, 11) is 0. The maximum Gasteiger partial charge on any atom is 0.274 e. The van der Waals surface area contributed by atoms with E-state index in [1.807, 2.05) is 11.0 Å². The monoisotopic (exact) mass is 505 g/mol. The van der Waals surface area contributed by atoms with Crippen LogP contribution in [0.25, 0.3) is 22.2 Å². The lowest BCUT2D eigenvalue weighted by molar-refractivity contribution is -0.127. The van der Waals surface area contributed by atoms with Crippen LogP contribution in [0.15, 0.2) is 36.5 Å². The summed E-state index contributed by atoms with van der Waals surface area (Å²) in [5.74, 6) is -1.55. The van der Waals surface area contributed by atoms with Crippen LogP contribution in [0.1, 0.15) is 47.4 Å². The van der Waals surface area contributed by atoms with Gasteiger partial charge in [-0.1, -0.05) is 6.07 Å². The number of amides is 2. The number of rotatable bonds is 5. The number of carbonyl (C=O) groups excluding carboxylic acids is 2. The van der Waals surface area contributed by atoms with Gasteiger partial charge in [0.15, 0.2) is 11.5 Å². The highest BCUT2D eigenvalue weighted by Crippen LogP contribution is 2.40. The smallest absolute Gasteiger partial charge is 0.274 e. The van der Waals surface area contributed by atoms with E-state index in [0.717, 1.165) is 24.6 Å². The molecule has 2 bridgehead atoms. The number of fused-ring (bicyclic) bond motifs is 3. The first kappa shape index (κ1) is 23.3. The highest BCUT2D eigenvalue weighted by atomic mass is 19.1. The summed E-state index contributed by atoms with van der Waals surface area (Å²) in [5, 5.41) is 16.5. The number of hydrogen-bond acceptors (Lipinski definition) is 5. The number of nitrogens with zero attached hydrogens (tertiary/aromatic N) is 4. The Kier molecular flexibility index (Phi) is 5.69. The lowest BCUT2D eigenvalue weighted by Crippen LogP contribution is -2.49. The Morgan fingerprint density at radius 2 is 1.86 bits per heavy atom. The highest BCUT2D eigenvalue weighted by Gasteiger charge is 2.45. The van der Waals surface area contributed by atoms with Crippen LogP contribution >= 0.6 is 0 Å². The summed E-state index contributed by atoms with van der Waals surface area (Å²) in [5.41, 5.74) is 3.00. The minimum atomic E-state index is -0.568. The molecule has 2 saturated heterocycles. The van der Waals surface area contributed by atoms with E-state index in [0.29, 0.717) is 40.7 Å². The van der Waals surface area contributed by atoms with Crippen LogP contribution in [-0.2, 0) is 11.3 Å². The number of piperidine rings is 1. The van der Waals surface area contributed by atoms with Crippen LogP contribution in [0.3, 0.4) is 0 Å². The molecule has 0 spiro atoms. The Hall–Kier alpha value is -4.15. The van der Waals surface area contributed by atoms with Crippen molar-refractivity contribution in [1.82, 2.24) is 35.6 Å². The molecule has 3 N–H and O–H groups in total. The maximum absolute atomic E-state index is 14.3. The number of H-pyrrole nitrogens is 2. The average molecular weight is 506 g/mol. The van der Waals surface area contributed by atoms with E-state index < -0.39 is 11.8 Å². The van der Waals surface area contributed by atoms with E-state index in [4.69, 9.17) is 0 Å². The Morgan fingerprint density at radius 1 is 1.08 bits per heavy atom. The topological polar surface area (TPSA) is 120 Å². The van der Waals surface area contributed by atoms with E-state index >= 15 is 0 Å². The lowest BCUT2D eigenvalue weighted by Gasteiger charge is -2.38. The normalized spacial score (nSPS) is 20.9. The maximum atomic E-state index is 14.3. The summed E-state index contributed by atoms with van der Waals surface area (Å²) in [4.78, 5) is 32.1. The number of halogens is 2. The molecule has 1 aromatic carbocycles. The van der Waals surface area contributed by atoms with Gasteiger partial charge < -0.3 is 10.2 Å². The molecule has 3 aromatic heterocycles. The van der Waals surface area contributed by atoms with Gasteiger partial charge in [-0.05, 0) is 62.4 Å². The zero-order valence-corrected chi connectivity index (χ0v) is 20.1. The van der Waals surface area contributed by atoms with Crippen LogP contribution in [-0.4, -0.2) is 54.2 Å². The van der Waals surface area contributed by atoms with Crippen molar-refractivity contribution in [2.75, 3.05) is 0 Å². The second-order valence-electron chi connectivity index (χ2n) is 9.85. The van der Waals surface area contributed by atoms with Crippen molar-refractivity contribution in [3.05, 3.63) is 65.2 Å². The van der Waals surface area contributed by atoms with Gasteiger partial charge in [0, 0.05) is 35.8 Å². The third-order valence-corrected chi connectivity index (χ3v) is 7.47. The third kappa shape index (κ3) is 4.24. The Balaban J connectivity index is 1.11. The van der Waals surface area contributed by atoms with Crippen LogP contribution in [0, 0.1) is 24.6 Å². The molecule has 11 heteroatoms. The SMILES string of the molecule is Cc1cc(-c2cc(C(=O)N3[C@@H]4CC[C@H]3C[C@H](C(=O)NCc3ccc5[nH]nc(F)c5c3)C4)n[nH]2)c(F)cn1. The molecule has 9 nitrogen and oxygen atoms in total. The summed E-state index contributed by atoms with van der Waals surface area (Å²) >= 11 is 0. The molecule has 37 heavy (non-hydrogen) atoms. The van der Waals surface area contributed by atoms with Gasteiger partial charge in [0.25, 0.3) is 5.91 Å². The first-order chi connectivity index (χ1) is 17.9. The van der Waals surface area contributed by atoms with Gasteiger partial charge in [-0.3, -0.25) is 24.8 Å². The number of pyridine rings is 1. The fourth-order valence-corrected chi connectivity index (χ4v) is 5.65. The molecule has 3 atom stereocenters. The fraction of sp³-hybridized carbons (Fsp3) is 0.346. The number of nitrogens with one attached hydrogen (secondary N) is 3. The molecule has 0 saturated carbocycles. The Bertz CT molecular complexity index is 1500. The zero-order valence-electron chi connectivity index (χ0n) is 20.1. The number of hydrogen-bond donors (Lipinski definition) is 3. The molecule has 0 radical (unpaired) electrons. The highest BCUT2D eigenvalue weighted by molar-refractivity contribution is 5.94. The zero-order chi connectivity index (χ0) is 25.7. The number of benzene rings is 1. The molecular formula is C26H25F2N7O2. The molecule has 4 aromatic rings. The van der Waals surface area contributed by atoms with Crippen molar-refractivity contribution >= 4 is 22.7 Å². The van der Waals surface area contributed by atoms with Gasteiger partial charge in [-0.15, -0.1) is 5.10 Å². The van der Waals surface area contributed by atoms with Gasteiger partial charge >= 0.3 is 0 Å². The first-order valence-electron chi connectivity index (χ1n) is 12.3. The molecule has 2 aliphatic heterocycles. The van der Waals surface area contributed by atoms with Gasteiger partial charge in [-0.2, -0.15) is 9.49 Å². The molecule has 5 heterocycles. The molecule has 2 aliphatic rings. The van der Waals surface area contributed by atoms with Gasteiger partial charge in [-0.25, -0.2) is 4.39 Å². The van der Waals surface area contributed by atoms with E-state index in [1.165, 1.54) is 0 Å². The van der Waals surface area contributed by atoms with Crippen LogP contribution < -0.4 is 5.32 Å². The van der Waals surface area contributed by atoms with Crippen molar-refractivity contribution in [2.45, 2.75) is 51.2 Å². The summed E-state index contributed by atoms with van der Waals surface area (Å²) in [6.07, 6.45) is 3.94. The van der Waals surface area contributed by atoms with E-state index in [-0.39, 0.29) is 42.1 Å². The van der Waals surface area contributed by atoms with Crippen LogP contribution in [0.5, 0.6) is 0 Å². The fourth-order valence-electron chi connectivity index (χ4n) is 5.65. The lowest BCUT2D eigenvalue weighted by atomic mass is 9.89. The quantitative estimate of drug-likeness (QED) is 0.383. The summed E-state index contributed by atoms with van der Waals surface area (Å²) < 4.78 is 28.0. The average Bonchev–Trinajstić information content (AvgIpc) is 3.60. The Labute approximate surface area is 210 Å².